The van der Waals surface area contributed by atoms with Crippen molar-refractivity contribution in [2.24, 2.45) is 0 Å². The molecule has 0 saturated carbocycles. The summed E-state index contributed by atoms with van der Waals surface area (Å²) in [4.78, 5) is 13.4. The van der Waals surface area contributed by atoms with Gasteiger partial charge in [0.15, 0.2) is 0 Å². The van der Waals surface area contributed by atoms with Crippen LogP contribution >= 0.6 is 12.4 Å². The van der Waals surface area contributed by atoms with Gasteiger partial charge in [0, 0.05) is 25.7 Å². The molecule has 1 heterocycles. The second kappa shape index (κ2) is 8.21. The van der Waals surface area contributed by atoms with Gasteiger partial charge >= 0.3 is 20.2 Å². The van der Waals surface area contributed by atoms with Crippen molar-refractivity contribution < 1.29 is 30.0 Å². The molecule has 142 valence electrons. The first-order valence-electron chi connectivity index (χ1n) is 6.93. The smallest absolute Gasteiger partial charge is 0.306 e. The maximum absolute atomic E-state index is 11.8. The lowest BCUT2D eigenvalue weighted by Crippen LogP contribution is -2.47. The van der Waals surface area contributed by atoms with Crippen molar-refractivity contribution in [2.75, 3.05) is 32.1 Å². The number of nitrogens with one attached hydrogen (secondary N) is 1. The van der Waals surface area contributed by atoms with Crippen LogP contribution in [0.25, 0.3) is 0 Å². The van der Waals surface area contributed by atoms with Gasteiger partial charge in [0.1, 0.15) is 11.5 Å². The minimum atomic E-state index is -3.79. The fourth-order valence-corrected chi connectivity index (χ4v) is 3.09. The van der Waals surface area contributed by atoms with E-state index in [-0.39, 0.29) is 42.9 Å². The average molecular weight is 415 g/mol. The highest BCUT2D eigenvalue weighted by molar-refractivity contribution is 7.86. The summed E-state index contributed by atoms with van der Waals surface area (Å²) in [7, 11) is -7.59. The molecule has 1 saturated heterocycles. The largest absolute Gasteiger partial charge is 0.382 e. The minimum Gasteiger partial charge on any atom is -0.382 e. The molecule has 0 atom stereocenters. The van der Waals surface area contributed by atoms with E-state index in [1.165, 1.54) is 12.1 Å². The number of carbonyl (C=O) groups is 1. The van der Waals surface area contributed by atoms with Gasteiger partial charge in [-0.3, -0.25) is 4.79 Å². The van der Waals surface area contributed by atoms with Crippen LogP contribution in [0.5, 0.6) is 11.5 Å². The van der Waals surface area contributed by atoms with Crippen LogP contribution in [0.15, 0.2) is 18.2 Å². The van der Waals surface area contributed by atoms with E-state index in [9.17, 15) is 21.6 Å². The standard InChI is InChI=1S/C13H18N2O7S2.ClH/c1-23(17,18)21-11-5-10(6-12(7-11)22-24(2,19)20)9-15-4-3-14-8-13(15)16;/h5-7,14H,3-4,8-9H2,1-2H3;1H. The fourth-order valence-electron chi connectivity index (χ4n) is 2.20. The zero-order valence-corrected chi connectivity index (χ0v) is 16.0. The highest BCUT2D eigenvalue weighted by Gasteiger charge is 2.19. The Balaban J connectivity index is 0.00000312. The van der Waals surface area contributed by atoms with Crippen molar-refractivity contribution in [3.8, 4) is 11.5 Å². The quantitative estimate of drug-likeness (QED) is 0.631. The second-order valence-corrected chi connectivity index (χ2v) is 8.53. The Bertz CT molecular complexity index is 788. The first kappa shape index (κ1) is 21.5. The maximum Gasteiger partial charge on any atom is 0.306 e. The van der Waals surface area contributed by atoms with Crippen LogP contribution in [0.4, 0.5) is 0 Å². The van der Waals surface area contributed by atoms with Gasteiger partial charge in [-0.15, -0.1) is 12.4 Å². The Kier molecular flexibility index (Phi) is 7.06. The molecule has 0 spiro atoms. The van der Waals surface area contributed by atoms with E-state index in [0.717, 1.165) is 18.6 Å². The minimum absolute atomic E-state index is 0. The van der Waals surface area contributed by atoms with E-state index in [1.807, 2.05) is 0 Å². The molecule has 9 nitrogen and oxygen atoms in total. The third kappa shape index (κ3) is 7.46. The van der Waals surface area contributed by atoms with Crippen LogP contribution in [-0.4, -0.2) is 59.8 Å². The van der Waals surface area contributed by atoms with E-state index in [1.54, 1.807) is 4.90 Å². The van der Waals surface area contributed by atoms with Gasteiger partial charge in [-0.25, -0.2) is 0 Å². The van der Waals surface area contributed by atoms with Gasteiger partial charge < -0.3 is 18.6 Å². The first-order valence-corrected chi connectivity index (χ1v) is 10.6. The van der Waals surface area contributed by atoms with Gasteiger partial charge in [-0.05, 0) is 17.7 Å². The summed E-state index contributed by atoms with van der Waals surface area (Å²) in [6, 6.07) is 4.00. The van der Waals surface area contributed by atoms with Gasteiger partial charge in [-0.1, -0.05) is 0 Å². The molecule has 1 fully saturated rings. The Morgan fingerprint density at radius 1 is 1.04 bits per heavy atom. The molecule has 1 aliphatic heterocycles. The van der Waals surface area contributed by atoms with Crippen LogP contribution in [-0.2, 0) is 31.6 Å². The van der Waals surface area contributed by atoms with Crippen molar-refractivity contribution in [1.82, 2.24) is 10.2 Å². The number of piperazine rings is 1. The van der Waals surface area contributed by atoms with Gasteiger partial charge in [-0.2, -0.15) is 16.8 Å². The van der Waals surface area contributed by atoms with Crippen LogP contribution < -0.4 is 13.7 Å². The zero-order valence-electron chi connectivity index (χ0n) is 13.6. The molecule has 0 radical (unpaired) electrons. The molecule has 0 aromatic heterocycles. The Labute approximate surface area is 153 Å². The lowest BCUT2D eigenvalue weighted by molar-refractivity contribution is -0.132. The number of carbonyl (C=O) groups excluding carboxylic acids is 1. The predicted molar refractivity (Wildman–Crippen MR) is 92.9 cm³/mol. The molecule has 1 aliphatic rings. The molecule has 1 aromatic rings. The number of nitrogens with zero attached hydrogens (tertiary/aromatic N) is 1. The van der Waals surface area contributed by atoms with Crippen LogP contribution in [0.3, 0.4) is 0 Å². The van der Waals surface area contributed by atoms with Crippen molar-refractivity contribution >= 4 is 38.6 Å². The molecule has 1 amide bonds. The monoisotopic (exact) mass is 414 g/mol. The number of hydrogen-bond acceptors (Lipinski definition) is 8. The Morgan fingerprint density at radius 3 is 2.00 bits per heavy atom. The number of benzene rings is 1. The molecule has 0 unspecified atom stereocenters. The average Bonchev–Trinajstić information content (AvgIpc) is 2.37. The Morgan fingerprint density at radius 2 is 1.56 bits per heavy atom. The van der Waals surface area contributed by atoms with Crippen molar-refractivity contribution in [1.29, 1.82) is 0 Å². The summed E-state index contributed by atoms with van der Waals surface area (Å²) in [5, 5.41) is 2.94. The third-order valence-corrected chi connectivity index (χ3v) is 3.99. The molecule has 2 rings (SSSR count). The van der Waals surface area contributed by atoms with Gasteiger partial charge in [0.2, 0.25) is 5.91 Å². The van der Waals surface area contributed by atoms with Crippen molar-refractivity contribution in [3.05, 3.63) is 23.8 Å². The highest BCUT2D eigenvalue weighted by Crippen LogP contribution is 2.26. The first-order chi connectivity index (χ1) is 11.0. The van der Waals surface area contributed by atoms with Crippen molar-refractivity contribution in [3.63, 3.8) is 0 Å². The molecule has 1 aromatic carbocycles. The molecule has 25 heavy (non-hydrogen) atoms. The van der Waals surface area contributed by atoms with Crippen LogP contribution in [0.2, 0.25) is 0 Å². The summed E-state index contributed by atoms with van der Waals surface area (Å²) < 4.78 is 54.8. The topological polar surface area (TPSA) is 119 Å². The number of rotatable bonds is 6. The zero-order chi connectivity index (χ0) is 18.0. The fraction of sp³-hybridized carbons (Fsp3) is 0.462. The summed E-state index contributed by atoms with van der Waals surface area (Å²) >= 11 is 0. The summed E-state index contributed by atoms with van der Waals surface area (Å²) in [5.41, 5.74) is 0.491. The molecule has 1 N–H and O–H groups in total. The molecular weight excluding hydrogens is 396 g/mol. The number of halogens is 1. The lowest BCUT2D eigenvalue weighted by atomic mass is 10.1. The lowest BCUT2D eigenvalue weighted by Gasteiger charge is -2.27. The third-order valence-electron chi connectivity index (χ3n) is 3.00. The Hall–Kier alpha value is -1.56. The number of hydrogen-bond donors (Lipinski definition) is 1. The van der Waals surface area contributed by atoms with Gasteiger partial charge in [0.05, 0.1) is 19.1 Å². The van der Waals surface area contributed by atoms with Gasteiger partial charge in [0.25, 0.3) is 0 Å². The van der Waals surface area contributed by atoms with E-state index in [0.29, 0.717) is 18.7 Å². The molecule has 12 heteroatoms. The van der Waals surface area contributed by atoms with E-state index in [4.69, 9.17) is 8.37 Å². The van der Waals surface area contributed by atoms with Crippen LogP contribution in [0, 0.1) is 0 Å². The van der Waals surface area contributed by atoms with E-state index < -0.39 is 20.2 Å². The normalized spacial score (nSPS) is 15.4. The molecular formula is C13H19ClN2O7S2. The second-order valence-electron chi connectivity index (χ2n) is 5.38. The SMILES string of the molecule is CS(=O)(=O)Oc1cc(CN2CCNCC2=O)cc(OS(C)(=O)=O)c1.Cl. The number of amides is 1. The van der Waals surface area contributed by atoms with E-state index >= 15 is 0 Å². The summed E-state index contributed by atoms with van der Waals surface area (Å²) in [6.07, 6.45) is 1.74. The summed E-state index contributed by atoms with van der Waals surface area (Å²) in [6.45, 7) is 1.52. The van der Waals surface area contributed by atoms with Crippen molar-refractivity contribution in [2.45, 2.75) is 6.54 Å². The molecule has 0 aliphatic carbocycles. The highest BCUT2D eigenvalue weighted by atomic mass is 35.5. The molecule has 0 bridgehead atoms. The van der Waals surface area contributed by atoms with Crippen LogP contribution in [0.1, 0.15) is 5.56 Å². The predicted octanol–water partition coefficient (Wildman–Crippen LogP) is -0.283. The van der Waals surface area contributed by atoms with E-state index in [2.05, 4.69) is 5.32 Å². The maximum atomic E-state index is 11.8. The summed E-state index contributed by atoms with van der Waals surface area (Å²) in [5.74, 6) is -0.284.